The molecule has 0 saturated heterocycles. The number of rotatable bonds is 5. The van der Waals surface area contributed by atoms with Gasteiger partial charge in [0.1, 0.15) is 22.8 Å². The Kier molecular flexibility index (Phi) is 5.21. The van der Waals surface area contributed by atoms with Gasteiger partial charge in [-0.25, -0.2) is 10.2 Å². The minimum Gasteiger partial charge on any atom is -0.507 e. The molecule has 0 aliphatic heterocycles. The Bertz CT molecular complexity index is 1090. The summed E-state index contributed by atoms with van der Waals surface area (Å²) in [7, 11) is 0. The molecule has 0 bridgehead atoms. The number of nitrogens with one attached hydrogen (secondary N) is 1. The normalized spacial score (nSPS) is 11.4. The Morgan fingerprint density at radius 2 is 1.93 bits per heavy atom. The molecular weight excluding hydrogens is 348 g/mol. The van der Waals surface area contributed by atoms with Crippen LogP contribution in [0.25, 0.3) is 10.8 Å². The maximum Gasteiger partial charge on any atom is 0.348 e. The number of hydrogen-bond acceptors (Lipinski definition) is 6. The van der Waals surface area contributed by atoms with Gasteiger partial charge in [-0.05, 0) is 36.8 Å². The van der Waals surface area contributed by atoms with E-state index in [2.05, 4.69) is 10.5 Å². The second-order valence-electron chi connectivity index (χ2n) is 5.93. The van der Waals surface area contributed by atoms with Crippen molar-refractivity contribution in [3.63, 3.8) is 0 Å². The molecule has 0 fully saturated rings. The molecule has 1 aromatic heterocycles. The molecule has 7 nitrogen and oxygen atoms in total. The molecule has 0 spiro atoms. The zero-order valence-electron chi connectivity index (χ0n) is 14.9. The summed E-state index contributed by atoms with van der Waals surface area (Å²) in [6, 6.07) is 14.6. The maximum absolute atomic E-state index is 11.9. The van der Waals surface area contributed by atoms with Gasteiger partial charge in [0.25, 0.3) is 5.91 Å². The molecular formula is C20H18N2O5. The van der Waals surface area contributed by atoms with Crippen molar-refractivity contribution in [3.8, 4) is 11.5 Å². The Hall–Kier alpha value is -3.61. The van der Waals surface area contributed by atoms with Gasteiger partial charge in [-0.3, -0.25) is 4.79 Å². The number of fused-ring (bicyclic) bond motifs is 1. The molecule has 3 aromatic rings. The highest BCUT2D eigenvalue weighted by molar-refractivity contribution is 6.01. The van der Waals surface area contributed by atoms with E-state index >= 15 is 0 Å². The number of carbonyl (C=O) groups is 1. The number of nitrogens with zero attached hydrogens (tertiary/aromatic N) is 1. The molecule has 138 valence electrons. The van der Waals surface area contributed by atoms with Crippen LogP contribution >= 0.6 is 0 Å². The van der Waals surface area contributed by atoms with Gasteiger partial charge in [-0.2, -0.15) is 5.10 Å². The third-order valence-corrected chi connectivity index (χ3v) is 3.85. The number of carbonyl (C=O) groups excluding carboxylic acids is 1. The molecule has 7 heteroatoms. The lowest BCUT2D eigenvalue weighted by molar-refractivity contribution is -0.123. The molecule has 0 aliphatic rings. The Labute approximate surface area is 154 Å². The largest absolute Gasteiger partial charge is 0.507 e. The summed E-state index contributed by atoms with van der Waals surface area (Å²) >= 11 is 0. The Morgan fingerprint density at radius 3 is 2.67 bits per heavy atom. The molecule has 2 N–H and O–H groups in total. The first-order chi connectivity index (χ1) is 12.9. The van der Waals surface area contributed by atoms with Gasteiger partial charge in [0.15, 0.2) is 6.61 Å². The Balaban J connectivity index is 1.63. The molecule has 3 rings (SSSR count). The molecule has 0 atom stereocenters. The average Bonchev–Trinajstić information content (AvgIpc) is 2.63. The topological polar surface area (TPSA) is 101 Å². The zero-order chi connectivity index (χ0) is 19.4. The van der Waals surface area contributed by atoms with Gasteiger partial charge in [0.2, 0.25) is 0 Å². The maximum atomic E-state index is 11.9. The third-order valence-electron chi connectivity index (χ3n) is 3.85. The van der Waals surface area contributed by atoms with Crippen LogP contribution in [0, 0.1) is 6.92 Å². The summed E-state index contributed by atoms with van der Waals surface area (Å²) in [5.74, 6) is 0.0772. The highest BCUT2D eigenvalue weighted by Crippen LogP contribution is 2.20. The molecule has 0 saturated carbocycles. The summed E-state index contributed by atoms with van der Waals surface area (Å²) in [6.07, 6.45) is 0. The van der Waals surface area contributed by atoms with Crippen LogP contribution in [0.3, 0.4) is 0 Å². The Morgan fingerprint density at radius 1 is 1.19 bits per heavy atom. The molecule has 0 radical (unpaired) electrons. The van der Waals surface area contributed by atoms with Crippen molar-refractivity contribution in [1.29, 1.82) is 0 Å². The van der Waals surface area contributed by atoms with Gasteiger partial charge < -0.3 is 14.3 Å². The lowest BCUT2D eigenvalue weighted by Gasteiger charge is -2.07. The average molecular weight is 366 g/mol. The van der Waals surface area contributed by atoms with Crippen LogP contribution in [-0.4, -0.2) is 23.3 Å². The first-order valence-electron chi connectivity index (χ1n) is 8.23. The molecule has 0 unspecified atom stereocenters. The number of aryl methyl sites for hydroxylation is 1. The van der Waals surface area contributed by atoms with E-state index in [1.807, 2.05) is 36.4 Å². The minimum atomic E-state index is -0.726. The van der Waals surface area contributed by atoms with Crippen LogP contribution < -0.4 is 15.8 Å². The lowest BCUT2D eigenvalue weighted by atomic mass is 10.1. The number of ether oxygens (including phenoxy) is 1. The first kappa shape index (κ1) is 18.2. The van der Waals surface area contributed by atoms with Gasteiger partial charge in [-0.1, -0.05) is 30.3 Å². The van der Waals surface area contributed by atoms with Crippen LogP contribution in [0.2, 0.25) is 0 Å². The van der Waals surface area contributed by atoms with Gasteiger partial charge in [0.05, 0.1) is 5.71 Å². The SMILES string of the molecule is CC(=NNC(=O)COc1ccc2ccccc2c1)c1c(O)cc(C)oc1=O. The van der Waals surface area contributed by atoms with Crippen molar-refractivity contribution < 1.29 is 19.1 Å². The predicted molar refractivity (Wildman–Crippen MR) is 101 cm³/mol. The summed E-state index contributed by atoms with van der Waals surface area (Å²) in [4.78, 5) is 23.8. The van der Waals surface area contributed by atoms with E-state index in [-0.39, 0.29) is 29.4 Å². The fourth-order valence-corrected chi connectivity index (χ4v) is 2.57. The summed E-state index contributed by atoms with van der Waals surface area (Å²) in [5.41, 5.74) is 1.59. The number of amides is 1. The van der Waals surface area contributed by atoms with Crippen LogP contribution in [0.4, 0.5) is 0 Å². The van der Waals surface area contributed by atoms with Crippen LogP contribution in [0.5, 0.6) is 11.5 Å². The molecule has 2 aromatic carbocycles. The standard InChI is InChI=1S/C20H18N2O5/c1-12-9-17(23)19(20(25)27-12)13(2)21-22-18(24)11-26-16-8-7-14-5-3-4-6-15(14)10-16/h3-10,23H,11H2,1-2H3,(H,22,24). The van der Waals surface area contributed by atoms with Gasteiger partial charge in [-0.15, -0.1) is 0 Å². The van der Waals surface area contributed by atoms with Crippen LogP contribution in [-0.2, 0) is 4.79 Å². The van der Waals surface area contributed by atoms with Crippen molar-refractivity contribution >= 4 is 22.4 Å². The predicted octanol–water partition coefficient (Wildman–Crippen LogP) is 2.73. The highest BCUT2D eigenvalue weighted by atomic mass is 16.5. The number of benzene rings is 2. The molecule has 1 heterocycles. The zero-order valence-corrected chi connectivity index (χ0v) is 14.9. The fourth-order valence-electron chi connectivity index (χ4n) is 2.57. The van der Waals surface area contributed by atoms with E-state index in [9.17, 15) is 14.7 Å². The minimum absolute atomic E-state index is 0.101. The monoisotopic (exact) mass is 366 g/mol. The van der Waals surface area contributed by atoms with E-state index < -0.39 is 11.5 Å². The van der Waals surface area contributed by atoms with E-state index in [1.165, 1.54) is 13.0 Å². The lowest BCUT2D eigenvalue weighted by Crippen LogP contribution is -2.26. The van der Waals surface area contributed by atoms with Crippen molar-refractivity contribution in [3.05, 3.63) is 70.3 Å². The first-order valence-corrected chi connectivity index (χ1v) is 8.23. The van der Waals surface area contributed by atoms with Crippen molar-refractivity contribution in [2.45, 2.75) is 13.8 Å². The van der Waals surface area contributed by atoms with E-state index in [1.54, 1.807) is 13.0 Å². The second-order valence-corrected chi connectivity index (χ2v) is 5.93. The summed E-state index contributed by atoms with van der Waals surface area (Å²) < 4.78 is 10.4. The van der Waals surface area contributed by atoms with Crippen LogP contribution in [0.15, 0.2) is 62.8 Å². The number of hydrazone groups is 1. The van der Waals surface area contributed by atoms with E-state index in [0.29, 0.717) is 5.75 Å². The van der Waals surface area contributed by atoms with Crippen molar-refractivity contribution in [2.24, 2.45) is 5.10 Å². The van der Waals surface area contributed by atoms with E-state index in [4.69, 9.17) is 9.15 Å². The summed E-state index contributed by atoms with van der Waals surface area (Å²) in [5, 5.41) is 15.8. The number of aromatic hydroxyl groups is 1. The number of hydrogen-bond donors (Lipinski definition) is 2. The van der Waals surface area contributed by atoms with Gasteiger partial charge in [0, 0.05) is 6.07 Å². The van der Waals surface area contributed by atoms with Gasteiger partial charge >= 0.3 is 5.63 Å². The van der Waals surface area contributed by atoms with E-state index in [0.717, 1.165) is 10.8 Å². The second kappa shape index (κ2) is 7.74. The molecule has 27 heavy (non-hydrogen) atoms. The van der Waals surface area contributed by atoms with Crippen molar-refractivity contribution in [1.82, 2.24) is 5.43 Å². The smallest absolute Gasteiger partial charge is 0.348 e. The van der Waals surface area contributed by atoms with Crippen LogP contribution in [0.1, 0.15) is 18.2 Å². The molecule has 0 aliphatic carbocycles. The molecule has 1 amide bonds. The quantitative estimate of drug-likeness (QED) is 0.534. The highest BCUT2D eigenvalue weighted by Gasteiger charge is 2.13. The third kappa shape index (κ3) is 4.33. The van der Waals surface area contributed by atoms with Crippen molar-refractivity contribution in [2.75, 3.05) is 6.61 Å². The fraction of sp³-hybridized carbons (Fsp3) is 0.150. The summed E-state index contributed by atoms with van der Waals surface area (Å²) in [6.45, 7) is 2.78.